The average Bonchev–Trinajstić information content (AvgIpc) is 3.10. The number of piperazine rings is 1. The van der Waals surface area contributed by atoms with Gasteiger partial charge in [-0.2, -0.15) is 4.31 Å². The normalized spacial score (nSPS) is 16.9. The van der Waals surface area contributed by atoms with Gasteiger partial charge in [-0.25, -0.2) is 8.42 Å². The Bertz CT molecular complexity index is 721. The van der Waals surface area contributed by atoms with E-state index >= 15 is 0 Å². The average molecular weight is 355 g/mol. The lowest BCUT2D eigenvalue weighted by atomic mass is 10.2. The highest BCUT2D eigenvalue weighted by molar-refractivity contribution is 7.98. The largest absolute Gasteiger partial charge is 0.368 e. The quantitative estimate of drug-likeness (QED) is 0.792. The molecule has 1 aliphatic heterocycles. The number of nitrogens with zero attached hydrogens (tertiary/aromatic N) is 2. The molecule has 0 unspecified atom stereocenters. The van der Waals surface area contributed by atoms with E-state index in [1.165, 1.54) is 21.9 Å². The van der Waals surface area contributed by atoms with Crippen molar-refractivity contribution < 1.29 is 8.42 Å². The van der Waals surface area contributed by atoms with Gasteiger partial charge in [0.2, 0.25) is 0 Å². The summed E-state index contributed by atoms with van der Waals surface area (Å²) in [6.07, 6.45) is 2.07. The van der Waals surface area contributed by atoms with Gasteiger partial charge in [-0.15, -0.1) is 23.1 Å². The molecular formula is C15H18N2O2S3. The molecule has 0 aliphatic carbocycles. The minimum Gasteiger partial charge on any atom is -0.368 e. The van der Waals surface area contributed by atoms with Crippen molar-refractivity contribution in [3.63, 3.8) is 0 Å². The topological polar surface area (TPSA) is 40.6 Å². The molecule has 0 amide bonds. The maximum atomic E-state index is 12.5. The second-order valence-corrected chi connectivity index (χ2v) is 8.96. The Balaban J connectivity index is 1.73. The third-order valence-corrected chi connectivity index (χ3v) is 7.81. The van der Waals surface area contributed by atoms with Gasteiger partial charge in [0.15, 0.2) is 0 Å². The van der Waals surface area contributed by atoms with E-state index in [0.717, 1.165) is 13.1 Å². The second-order valence-electron chi connectivity index (χ2n) is 5.00. The first-order valence-corrected chi connectivity index (χ1v) is 10.6. The SMILES string of the molecule is CSc1ccccc1N1CCN(S(=O)(=O)c2cccs2)CC1. The predicted octanol–water partition coefficient (Wildman–Crippen LogP) is 2.98. The second kappa shape index (κ2) is 6.62. The van der Waals surface area contributed by atoms with Crippen molar-refractivity contribution in [2.75, 3.05) is 37.3 Å². The van der Waals surface area contributed by atoms with E-state index in [1.54, 1.807) is 33.6 Å². The Hall–Kier alpha value is -1.02. The summed E-state index contributed by atoms with van der Waals surface area (Å²) in [4.78, 5) is 3.50. The number of rotatable bonds is 4. The van der Waals surface area contributed by atoms with Crippen molar-refractivity contribution in [2.45, 2.75) is 9.10 Å². The first kappa shape index (κ1) is 15.9. The molecule has 1 aliphatic rings. The Morgan fingerprint density at radius 3 is 2.41 bits per heavy atom. The van der Waals surface area contributed by atoms with Crippen LogP contribution in [0.1, 0.15) is 0 Å². The molecule has 0 N–H and O–H groups in total. The summed E-state index contributed by atoms with van der Waals surface area (Å²) in [7, 11) is -3.32. The van der Waals surface area contributed by atoms with Crippen molar-refractivity contribution in [2.24, 2.45) is 0 Å². The van der Waals surface area contributed by atoms with E-state index in [4.69, 9.17) is 0 Å². The molecule has 0 bridgehead atoms. The van der Waals surface area contributed by atoms with E-state index < -0.39 is 10.0 Å². The molecule has 0 saturated carbocycles. The molecule has 1 aromatic carbocycles. The van der Waals surface area contributed by atoms with Crippen LogP contribution in [0.15, 0.2) is 50.9 Å². The maximum Gasteiger partial charge on any atom is 0.252 e. The van der Waals surface area contributed by atoms with Gasteiger partial charge in [-0.1, -0.05) is 18.2 Å². The van der Waals surface area contributed by atoms with Gasteiger partial charge in [-0.3, -0.25) is 0 Å². The Morgan fingerprint density at radius 2 is 1.77 bits per heavy atom. The molecule has 0 atom stereocenters. The third-order valence-electron chi connectivity index (χ3n) is 3.75. The summed E-state index contributed by atoms with van der Waals surface area (Å²) in [5.41, 5.74) is 1.20. The molecule has 3 rings (SSSR count). The standard InChI is InChI=1S/C15H18N2O2S3/c1-20-14-6-3-2-5-13(14)16-8-10-17(11-9-16)22(18,19)15-7-4-12-21-15/h2-7,12H,8-11H2,1H3. The Labute approximate surface area is 139 Å². The fourth-order valence-electron chi connectivity index (χ4n) is 2.60. The Kier molecular flexibility index (Phi) is 4.77. The number of thiophene rings is 1. The maximum absolute atomic E-state index is 12.5. The molecular weight excluding hydrogens is 336 g/mol. The van der Waals surface area contributed by atoms with Crippen molar-refractivity contribution in [1.82, 2.24) is 4.31 Å². The number of thioether (sulfide) groups is 1. The first-order valence-electron chi connectivity index (χ1n) is 7.04. The van der Waals surface area contributed by atoms with Crippen molar-refractivity contribution in [1.29, 1.82) is 0 Å². The highest BCUT2D eigenvalue weighted by Crippen LogP contribution is 2.30. The van der Waals surface area contributed by atoms with Crippen molar-refractivity contribution >= 4 is 38.8 Å². The summed E-state index contributed by atoms with van der Waals surface area (Å²) >= 11 is 3.00. The lowest BCUT2D eigenvalue weighted by Crippen LogP contribution is -2.48. The van der Waals surface area contributed by atoms with Crippen LogP contribution < -0.4 is 4.90 Å². The van der Waals surface area contributed by atoms with Gasteiger partial charge >= 0.3 is 0 Å². The first-order chi connectivity index (χ1) is 10.6. The van der Waals surface area contributed by atoms with E-state index in [9.17, 15) is 8.42 Å². The zero-order valence-corrected chi connectivity index (χ0v) is 14.8. The van der Waals surface area contributed by atoms with Crippen molar-refractivity contribution in [3.8, 4) is 0 Å². The summed E-state index contributed by atoms with van der Waals surface area (Å²) in [5.74, 6) is 0. The van der Waals surface area contributed by atoms with Gasteiger partial charge in [0.05, 0.1) is 5.69 Å². The van der Waals surface area contributed by atoms with Crippen LogP contribution in [0.2, 0.25) is 0 Å². The zero-order valence-electron chi connectivity index (χ0n) is 12.3. The third kappa shape index (κ3) is 3.03. The fourth-order valence-corrected chi connectivity index (χ4v) is 5.79. The van der Waals surface area contributed by atoms with Crippen LogP contribution in [-0.4, -0.2) is 45.2 Å². The summed E-state index contributed by atoms with van der Waals surface area (Å²) in [6.45, 7) is 2.51. The minimum atomic E-state index is -3.32. The number of sulfonamides is 1. The minimum absolute atomic E-state index is 0.436. The number of para-hydroxylation sites is 1. The smallest absolute Gasteiger partial charge is 0.252 e. The lowest BCUT2D eigenvalue weighted by Gasteiger charge is -2.35. The van der Waals surface area contributed by atoms with Gasteiger partial charge in [0.1, 0.15) is 4.21 Å². The van der Waals surface area contributed by atoms with E-state index in [2.05, 4.69) is 23.3 Å². The molecule has 1 saturated heterocycles. The Morgan fingerprint density at radius 1 is 1.05 bits per heavy atom. The molecule has 4 nitrogen and oxygen atoms in total. The molecule has 1 aromatic heterocycles. The highest BCUT2D eigenvalue weighted by atomic mass is 32.2. The van der Waals surface area contributed by atoms with Crippen LogP contribution in [0.5, 0.6) is 0 Å². The van der Waals surface area contributed by atoms with Gasteiger partial charge in [0, 0.05) is 31.1 Å². The van der Waals surface area contributed by atoms with Gasteiger partial charge in [0.25, 0.3) is 10.0 Å². The van der Waals surface area contributed by atoms with Crippen LogP contribution in [0.25, 0.3) is 0 Å². The number of anilines is 1. The summed E-state index contributed by atoms with van der Waals surface area (Å²) in [5, 5.41) is 1.80. The summed E-state index contributed by atoms with van der Waals surface area (Å²) in [6, 6.07) is 11.7. The molecule has 118 valence electrons. The molecule has 2 heterocycles. The predicted molar refractivity (Wildman–Crippen MR) is 93.5 cm³/mol. The van der Waals surface area contributed by atoms with E-state index in [1.807, 2.05) is 12.1 Å². The van der Waals surface area contributed by atoms with Crippen molar-refractivity contribution in [3.05, 3.63) is 41.8 Å². The molecule has 0 radical (unpaired) electrons. The monoisotopic (exact) mass is 354 g/mol. The number of hydrogen-bond donors (Lipinski definition) is 0. The van der Waals surface area contributed by atoms with E-state index in [-0.39, 0.29) is 0 Å². The lowest BCUT2D eigenvalue weighted by molar-refractivity contribution is 0.385. The number of benzene rings is 1. The van der Waals surface area contributed by atoms with Crippen LogP contribution in [-0.2, 0) is 10.0 Å². The van der Waals surface area contributed by atoms with E-state index in [0.29, 0.717) is 17.3 Å². The van der Waals surface area contributed by atoms with Gasteiger partial charge < -0.3 is 4.90 Å². The highest BCUT2D eigenvalue weighted by Gasteiger charge is 2.29. The number of hydrogen-bond acceptors (Lipinski definition) is 5. The summed E-state index contributed by atoms with van der Waals surface area (Å²) < 4.78 is 27.1. The van der Waals surface area contributed by atoms with Crippen LogP contribution in [0.4, 0.5) is 5.69 Å². The van der Waals surface area contributed by atoms with Crippen LogP contribution in [0.3, 0.4) is 0 Å². The molecule has 1 fully saturated rings. The van der Waals surface area contributed by atoms with Crippen LogP contribution in [0, 0.1) is 0 Å². The molecule has 2 aromatic rings. The zero-order chi connectivity index (χ0) is 15.6. The fraction of sp³-hybridized carbons (Fsp3) is 0.333. The molecule has 22 heavy (non-hydrogen) atoms. The van der Waals surface area contributed by atoms with Crippen LogP contribution >= 0.6 is 23.1 Å². The molecule has 7 heteroatoms. The molecule has 0 spiro atoms. The van der Waals surface area contributed by atoms with Gasteiger partial charge in [-0.05, 0) is 29.8 Å².